The monoisotopic (exact) mass is 454 g/mol. The van der Waals surface area contributed by atoms with E-state index in [0.29, 0.717) is 49.6 Å². The summed E-state index contributed by atoms with van der Waals surface area (Å²) in [6.45, 7) is 3.52. The third-order valence-corrected chi connectivity index (χ3v) is 5.55. The van der Waals surface area contributed by atoms with Gasteiger partial charge in [-0.15, -0.1) is 12.4 Å². The van der Waals surface area contributed by atoms with Crippen LogP contribution in [0.3, 0.4) is 0 Å². The summed E-state index contributed by atoms with van der Waals surface area (Å²) >= 11 is 12.4. The van der Waals surface area contributed by atoms with E-state index in [-0.39, 0.29) is 23.5 Å². The molecule has 0 aliphatic carbocycles. The first-order chi connectivity index (χ1) is 13.4. The molecule has 7 nitrogen and oxygen atoms in total. The molecule has 0 saturated heterocycles. The third-order valence-electron chi connectivity index (χ3n) is 4.73. The van der Waals surface area contributed by atoms with Crippen LogP contribution < -0.4 is 11.1 Å². The summed E-state index contributed by atoms with van der Waals surface area (Å²) in [4.78, 5) is 24.9. The van der Waals surface area contributed by atoms with E-state index in [1.54, 1.807) is 44.2 Å². The molecule has 1 aromatic carbocycles. The number of furan rings is 1. The van der Waals surface area contributed by atoms with Gasteiger partial charge in [0.25, 0.3) is 11.1 Å². The van der Waals surface area contributed by atoms with E-state index >= 15 is 0 Å². The Kier molecular flexibility index (Phi) is 5.84. The Labute approximate surface area is 180 Å². The number of aromatic amines is 4. The Morgan fingerprint density at radius 3 is 1.97 bits per heavy atom. The Bertz CT molecular complexity index is 1220. The van der Waals surface area contributed by atoms with Crippen molar-refractivity contribution in [2.24, 2.45) is 0 Å². The highest BCUT2D eigenvalue weighted by Crippen LogP contribution is 2.38. The zero-order valence-electron chi connectivity index (χ0n) is 15.4. The van der Waals surface area contributed by atoms with Crippen LogP contribution in [0.5, 0.6) is 0 Å². The van der Waals surface area contributed by atoms with Crippen molar-refractivity contribution < 1.29 is 4.42 Å². The van der Waals surface area contributed by atoms with E-state index in [2.05, 4.69) is 20.4 Å². The van der Waals surface area contributed by atoms with Gasteiger partial charge in [0.15, 0.2) is 0 Å². The predicted octanol–water partition coefficient (Wildman–Crippen LogP) is 4.51. The molecule has 152 valence electrons. The van der Waals surface area contributed by atoms with Crippen LogP contribution >= 0.6 is 35.6 Å². The molecule has 0 aliphatic rings. The van der Waals surface area contributed by atoms with Gasteiger partial charge in [-0.3, -0.25) is 19.8 Å². The molecule has 0 unspecified atom stereocenters. The summed E-state index contributed by atoms with van der Waals surface area (Å²) in [5.41, 5.74) is 2.04. The molecular formula is C19H17Cl3N4O3. The number of hydrogen-bond acceptors (Lipinski definition) is 3. The summed E-state index contributed by atoms with van der Waals surface area (Å²) in [6.07, 6.45) is 0. The number of H-pyrrole nitrogens is 4. The second-order valence-corrected chi connectivity index (χ2v) is 7.26. The Morgan fingerprint density at radius 1 is 0.862 bits per heavy atom. The second kappa shape index (κ2) is 8.02. The second-order valence-electron chi connectivity index (χ2n) is 6.47. The zero-order chi connectivity index (χ0) is 20.0. The van der Waals surface area contributed by atoms with Gasteiger partial charge in [0.2, 0.25) is 0 Å². The lowest BCUT2D eigenvalue weighted by Crippen LogP contribution is -2.19. The number of rotatable bonds is 4. The Morgan fingerprint density at radius 2 is 1.45 bits per heavy atom. The summed E-state index contributed by atoms with van der Waals surface area (Å²) in [5, 5.41) is 11.5. The molecule has 4 rings (SSSR count). The molecule has 0 bridgehead atoms. The minimum absolute atomic E-state index is 0. The molecule has 0 spiro atoms. The van der Waals surface area contributed by atoms with Crippen molar-refractivity contribution in [2.45, 2.75) is 19.8 Å². The van der Waals surface area contributed by atoms with Gasteiger partial charge >= 0.3 is 0 Å². The molecule has 0 amide bonds. The molecule has 29 heavy (non-hydrogen) atoms. The number of aryl methyl sites for hydroxylation is 2. The molecule has 0 atom stereocenters. The molecule has 0 radical (unpaired) electrons. The van der Waals surface area contributed by atoms with Crippen molar-refractivity contribution in [1.82, 2.24) is 20.4 Å². The van der Waals surface area contributed by atoms with Crippen LogP contribution in [0.4, 0.5) is 0 Å². The molecule has 0 aliphatic heterocycles. The van der Waals surface area contributed by atoms with Crippen LogP contribution in [0.1, 0.15) is 34.2 Å². The first kappa shape index (κ1) is 21.1. The summed E-state index contributed by atoms with van der Waals surface area (Å²) < 4.78 is 6.06. The fraction of sp³-hybridized carbons (Fsp3) is 0.158. The van der Waals surface area contributed by atoms with Gasteiger partial charge in [0.05, 0.1) is 27.1 Å². The molecule has 3 aromatic heterocycles. The largest absolute Gasteiger partial charge is 0.460 e. The first-order valence-electron chi connectivity index (χ1n) is 8.47. The fourth-order valence-corrected chi connectivity index (χ4v) is 3.78. The maximum atomic E-state index is 12.5. The number of halogens is 3. The van der Waals surface area contributed by atoms with E-state index < -0.39 is 5.92 Å². The molecule has 0 saturated carbocycles. The number of nitrogens with one attached hydrogen (secondary N) is 4. The zero-order valence-corrected chi connectivity index (χ0v) is 17.7. The SMILES string of the molecule is Cc1[nH][nH]c(=O)c1C(c1ccc(-c2cccc(Cl)c2Cl)o1)c1c(C)[nH][nH]c1=O.Cl. The van der Waals surface area contributed by atoms with Crippen molar-refractivity contribution in [1.29, 1.82) is 0 Å². The molecule has 3 heterocycles. The van der Waals surface area contributed by atoms with Crippen molar-refractivity contribution in [3.05, 3.63) is 89.4 Å². The van der Waals surface area contributed by atoms with Gasteiger partial charge in [-0.1, -0.05) is 29.3 Å². The fourth-order valence-electron chi connectivity index (χ4n) is 3.38. The first-order valence-corrected chi connectivity index (χ1v) is 9.22. The lowest BCUT2D eigenvalue weighted by molar-refractivity contribution is 0.513. The van der Waals surface area contributed by atoms with Crippen LogP contribution in [-0.2, 0) is 0 Å². The van der Waals surface area contributed by atoms with Gasteiger partial charge < -0.3 is 14.6 Å². The van der Waals surface area contributed by atoms with Gasteiger partial charge in [-0.25, -0.2) is 0 Å². The normalized spacial score (nSPS) is 11.1. The molecule has 4 N–H and O–H groups in total. The number of aromatic nitrogens is 4. The minimum Gasteiger partial charge on any atom is -0.460 e. The van der Waals surface area contributed by atoms with E-state index in [0.717, 1.165) is 0 Å². The van der Waals surface area contributed by atoms with Crippen molar-refractivity contribution >= 4 is 35.6 Å². The molecule has 4 aromatic rings. The lowest BCUT2D eigenvalue weighted by Gasteiger charge is -2.12. The Balaban J connectivity index is 0.00000240. The van der Waals surface area contributed by atoms with Crippen molar-refractivity contribution in [3.8, 4) is 11.3 Å². The van der Waals surface area contributed by atoms with Crippen LogP contribution in [0, 0.1) is 13.8 Å². The van der Waals surface area contributed by atoms with Gasteiger partial charge in [-0.05, 0) is 38.1 Å². The topological polar surface area (TPSA) is 110 Å². The summed E-state index contributed by atoms with van der Waals surface area (Å²) in [5.74, 6) is 0.228. The smallest absolute Gasteiger partial charge is 0.268 e. The summed E-state index contributed by atoms with van der Waals surface area (Å²) in [7, 11) is 0. The maximum absolute atomic E-state index is 12.5. The van der Waals surface area contributed by atoms with E-state index in [4.69, 9.17) is 27.6 Å². The highest BCUT2D eigenvalue weighted by molar-refractivity contribution is 6.43. The minimum atomic E-state index is -0.697. The van der Waals surface area contributed by atoms with E-state index in [1.807, 2.05) is 0 Å². The predicted molar refractivity (Wildman–Crippen MR) is 115 cm³/mol. The van der Waals surface area contributed by atoms with Crippen molar-refractivity contribution in [2.75, 3.05) is 0 Å². The number of benzene rings is 1. The Hall–Kier alpha value is -2.61. The third kappa shape index (κ3) is 3.57. The maximum Gasteiger partial charge on any atom is 0.268 e. The van der Waals surface area contributed by atoms with Crippen LogP contribution in [0.2, 0.25) is 10.0 Å². The van der Waals surface area contributed by atoms with Crippen LogP contribution in [-0.4, -0.2) is 20.4 Å². The summed E-state index contributed by atoms with van der Waals surface area (Å²) in [6, 6.07) is 8.71. The number of hydrogen-bond donors (Lipinski definition) is 4. The van der Waals surface area contributed by atoms with Gasteiger partial charge in [-0.2, -0.15) is 0 Å². The standard InChI is InChI=1S/C19H16Cl2N4O3.ClH/c1-8-14(18(26)24-22-8)16(15-9(2)23-25-19(15)27)13-7-6-12(28-13)10-4-3-5-11(20)17(10)21;/h3-7,16H,1-2H3,(H2,22,24,26)(H2,23,25,27);1H. The average Bonchev–Trinajstić information content (AvgIpc) is 3.35. The van der Waals surface area contributed by atoms with Crippen molar-refractivity contribution in [3.63, 3.8) is 0 Å². The van der Waals surface area contributed by atoms with Gasteiger partial charge in [0, 0.05) is 17.0 Å². The molecule has 10 heteroatoms. The van der Waals surface area contributed by atoms with Crippen LogP contribution in [0.25, 0.3) is 11.3 Å². The van der Waals surface area contributed by atoms with Gasteiger partial charge in [0.1, 0.15) is 11.5 Å². The van der Waals surface area contributed by atoms with Crippen LogP contribution in [0.15, 0.2) is 44.3 Å². The van der Waals surface area contributed by atoms with E-state index in [9.17, 15) is 9.59 Å². The quantitative estimate of drug-likeness (QED) is 0.363. The average molecular weight is 456 g/mol. The highest BCUT2D eigenvalue weighted by atomic mass is 35.5. The molecular weight excluding hydrogens is 439 g/mol. The highest BCUT2D eigenvalue weighted by Gasteiger charge is 2.30. The van der Waals surface area contributed by atoms with E-state index in [1.165, 1.54) is 0 Å². The molecule has 0 fully saturated rings. The lowest BCUT2D eigenvalue weighted by atomic mass is 9.89.